The molecule has 106 valence electrons. The van der Waals surface area contributed by atoms with Crippen molar-refractivity contribution in [3.63, 3.8) is 0 Å². The van der Waals surface area contributed by atoms with Crippen LogP contribution in [0.25, 0.3) is 0 Å². The third kappa shape index (κ3) is 3.16. The average molecular weight is 285 g/mol. The highest BCUT2D eigenvalue weighted by Crippen LogP contribution is 2.27. The predicted molar refractivity (Wildman–Crippen MR) is 86.9 cm³/mol. The zero-order valence-corrected chi connectivity index (χ0v) is 12.0. The van der Waals surface area contributed by atoms with E-state index < -0.39 is 0 Å². The molecule has 0 unspecified atom stereocenters. The van der Waals surface area contributed by atoms with Gasteiger partial charge in [-0.1, -0.05) is 60.7 Å². The van der Waals surface area contributed by atoms with Crippen LogP contribution in [0.2, 0.25) is 0 Å². The fourth-order valence-corrected chi connectivity index (χ4v) is 2.34. The Hall–Kier alpha value is -3.05. The zero-order chi connectivity index (χ0) is 15.2. The Morgan fingerprint density at radius 1 is 0.636 bits per heavy atom. The van der Waals surface area contributed by atoms with E-state index in [4.69, 9.17) is 4.74 Å². The van der Waals surface area contributed by atoms with E-state index in [0.717, 1.165) is 22.6 Å². The molecule has 2 heteroatoms. The Morgan fingerprint density at radius 2 is 1.14 bits per heavy atom. The molecule has 0 heterocycles. The lowest BCUT2D eigenvalue weighted by atomic mass is 9.93. The van der Waals surface area contributed by atoms with Crippen LogP contribution in [0.5, 0.6) is 11.5 Å². The Morgan fingerprint density at radius 3 is 1.73 bits per heavy atom. The molecule has 0 aromatic heterocycles. The van der Waals surface area contributed by atoms with E-state index in [0.29, 0.717) is 0 Å². The first kappa shape index (κ1) is 13.9. The molecule has 0 fully saturated rings. The highest BCUT2D eigenvalue weighted by Gasteiger charge is 2.12. The van der Waals surface area contributed by atoms with Crippen molar-refractivity contribution >= 4 is 0 Å². The van der Waals surface area contributed by atoms with Gasteiger partial charge in [-0.2, -0.15) is 5.26 Å². The molecule has 22 heavy (non-hydrogen) atoms. The van der Waals surface area contributed by atoms with Crippen LogP contribution in [0.3, 0.4) is 0 Å². The summed E-state index contributed by atoms with van der Waals surface area (Å²) in [5.74, 6) is 1.31. The summed E-state index contributed by atoms with van der Waals surface area (Å²) in [5, 5.41) is 9.46. The molecular formula is C20H15NO. The number of para-hydroxylation sites is 1. The van der Waals surface area contributed by atoms with Gasteiger partial charge in [0, 0.05) is 0 Å². The van der Waals surface area contributed by atoms with Crippen LogP contribution in [0.1, 0.15) is 17.0 Å². The van der Waals surface area contributed by atoms with Crippen molar-refractivity contribution in [1.29, 1.82) is 5.26 Å². The largest absolute Gasteiger partial charge is 0.457 e. The van der Waals surface area contributed by atoms with Gasteiger partial charge in [0.1, 0.15) is 11.5 Å². The number of hydrogen-bond acceptors (Lipinski definition) is 2. The first-order valence-corrected chi connectivity index (χ1v) is 7.14. The van der Waals surface area contributed by atoms with E-state index in [-0.39, 0.29) is 5.92 Å². The zero-order valence-electron chi connectivity index (χ0n) is 12.0. The minimum atomic E-state index is -0.257. The van der Waals surface area contributed by atoms with Gasteiger partial charge in [-0.25, -0.2) is 0 Å². The van der Waals surface area contributed by atoms with Gasteiger partial charge in [0.15, 0.2) is 0 Å². The summed E-state index contributed by atoms with van der Waals surface area (Å²) in [6.07, 6.45) is 0. The topological polar surface area (TPSA) is 33.0 Å². The Balaban J connectivity index is 1.80. The summed E-state index contributed by atoms with van der Waals surface area (Å²) >= 11 is 0. The summed E-state index contributed by atoms with van der Waals surface area (Å²) in [6.45, 7) is 0. The third-order valence-corrected chi connectivity index (χ3v) is 3.45. The van der Waals surface area contributed by atoms with Crippen LogP contribution in [0.15, 0.2) is 84.9 Å². The fraction of sp³-hybridized carbons (Fsp3) is 0.0500. The maximum Gasteiger partial charge on any atom is 0.127 e. The van der Waals surface area contributed by atoms with E-state index >= 15 is 0 Å². The molecule has 0 aliphatic heterocycles. The summed E-state index contributed by atoms with van der Waals surface area (Å²) in [7, 11) is 0. The molecule has 0 aliphatic carbocycles. The molecule has 3 aromatic rings. The second-order valence-corrected chi connectivity index (χ2v) is 4.96. The van der Waals surface area contributed by atoms with Gasteiger partial charge in [-0.05, 0) is 35.4 Å². The maximum absolute atomic E-state index is 9.46. The van der Waals surface area contributed by atoms with Crippen molar-refractivity contribution in [2.24, 2.45) is 0 Å². The molecule has 0 spiro atoms. The summed E-state index contributed by atoms with van der Waals surface area (Å²) in [6, 6.07) is 29.5. The predicted octanol–water partition coefficient (Wildman–Crippen LogP) is 5.13. The van der Waals surface area contributed by atoms with Gasteiger partial charge in [-0.15, -0.1) is 0 Å². The molecule has 0 saturated carbocycles. The summed E-state index contributed by atoms with van der Waals surface area (Å²) in [4.78, 5) is 0. The van der Waals surface area contributed by atoms with Crippen LogP contribution < -0.4 is 4.74 Å². The van der Waals surface area contributed by atoms with Gasteiger partial charge >= 0.3 is 0 Å². The first-order chi connectivity index (χ1) is 10.9. The van der Waals surface area contributed by atoms with Gasteiger partial charge in [0.05, 0.1) is 12.0 Å². The average Bonchev–Trinajstić information content (AvgIpc) is 2.59. The van der Waals surface area contributed by atoms with Crippen LogP contribution in [0.4, 0.5) is 0 Å². The Labute approximate surface area is 130 Å². The second kappa shape index (κ2) is 6.60. The van der Waals surface area contributed by atoms with Crippen molar-refractivity contribution in [3.8, 4) is 17.6 Å². The highest BCUT2D eigenvalue weighted by molar-refractivity contribution is 5.41. The number of nitrogens with zero attached hydrogens (tertiary/aromatic N) is 1. The monoisotopic (exact) mass is 285 g/mol. The molecule has 0 amide bonds. The Bertz CT molecular complexity index is 758. The van der Waals surface area contributed by atoms with Gasteiger partial charge in [-0.3, -0.25) is 0 Å². The van der Waals surface area contributed by atoms with Crippen molar-refractivity contribution in [2.75, 3.05) is 0 Å². The van der Waals surface area contributed by atoms with E-state index in [1.54, 1.807) is 0 Å². The van der Waals surface area contributed by atoms with Crippen LogP contribution in [-0.2, 0) is 0 Å². The van der Waals surface area contributed by atoms with Crippen molar-refractivity contribution < 1.29 is 4.74 Å². The van der Waals surface area contributed by atoms with E-state index in [9.17, 15) is 5.26 Å². The van der Waals surface area contributed by atoms with Crippen molar-refractivity contribution in [1.82, 2.24) is 0 Å². The molecule has 0 bridgehead atoms. The number of ether oxygens (including phenoxy) is 1. The SMILES string of the molecule is N#C[C@H](c1ccccc1)c1ccc(Oc2ccccc2)cc1. The quantitative estimate of drug-likeness (QED) is 0.665. The summed E-state index contributed by atoms with van der Waals surface area (Å²) < 4.78 is 5.77. The number of hydrogen-bond donors (Lipinski definition) is 0. The molecule has 3 rings (SSSR count). The maximum atomic E-state index is 9.46. The van der Waals surface area contributed by atoms with Gasteiger partial charge in [0.2, 0.25) is 0 Å². The lowest BCUT2D eigenvalue weighted by molar-refractivity contribution is 0.482. The molecule has 3 aromatic carbocycles. The van der Waals surface area contributed by atoms with Gasteiger partial charge in [0.25, 0.3) is 0 Å². The smallest absolute Gasteiger partial charge is 0.127 e. The molecule has 0 saturated heterocycles. The van der Waals surface area contributed by atoms with Crippen LogP contribution >= 0.6 is 0 Å². The number of nitriles is 1. The minimum absolute atomic E-state index is 0.257. The van der Waals surface area contributed by atoms with Crippen LogP contribution in [-0.4, -0.2) is 0 Å². The fourth-order valence-electron chi connectivity index (χ4n) is 2.34. The minimum Gasteiger partial charge on any atom is -0.457 e. The van der Waals surface area contributed by atoms with E-state index in [1.165, 1.54) is 0 Å². The third-order valence-electron chi connectivity index (χ3n) is 3.45. The highest BCUT2D eigenvalue weighted by atomic mass is 16.5. The van der Waals surface area contributed by atoms with E-state index in [2.05, 4.69) is 6.07 Å². The number of benzene rings is 3. The Kier molecular flexibility index (Phi) is 4.17. The molecular weight excluding hydrogens is 270 g/mol. The number of rotatable bonds is 4. The van der Waals surface area contributed by atoms with E-state index in [1.807, 2.05) is 84.9 Å². The second-order valence-electron chi connectivity index (χ2n) is 4.96. The first-order valence-electron chi connectivity index (χ1n) is 7.14. The lowest BCUT2D eigenvalue weighted by Crippen LogP contribution is -1.97. The normalized spacial score (nSPS) is 11.4. The van der Waals surface area contributed by atoms with Crippen molar-refractivity contribution in [2.45, 2.75) is 5.92 Å². The lowest BCUT2D eigenvalue weighted by Gasteiger charge is -2.11. The van der Waals surface area contributed by atoms with Gasteiger partial charge < -0.3 is 4.74 Å². The molecule has 0 N–H and O–H groups in total. The molecule has 2 nitrogen and oxygen atoms in total. The summed E-state index contributed by atoms with van der Waals surface area (Å²) in [5.41, 5.74) is 1.97. The van der Waals surface area contributed by atoms with Crippen molar-refractivity contribution in [3.05, 3.63) is 96.1 Å². The molecule has 1 atom stereocenters. The molecule has 0 radical (unpaired) electrons. The standard InChI is InChI=1S/C20H15NO/c21-15-20(16-7-3-1-4-8-16)17-11-13-19(14-12-17)22-18-9-5-2-6-10-18/h1-14,20H/t20-/m1/s1. The molecule has 0 aliphatic rings. The van der Waals surface area contributed by atoms with Crippen LogP contribution in [0, 0.1) is 11.3 Å².